The second-order valence-electron chi connectivity index (χ2n) is 4.93. The molecule has 0 amide bonds. The van der Waals surface area contributed by atoms with Crippen LogP contribution in [0.5, 0.6) is 0 Å². The Morgan fingerprint density at radius 2 is 2.06 bits per heavy atom. The number of aliphatic hydroxyl groups excluding tert-OH is 1. The molecule has 1 unspecified atom stereocenters. The standard InChI is InChI=1S/C14H20FNO2/c1-18-9-14(17)8-16-13-6-11(7-13)10-2-4-12(15)5-3-10/h2-5,11,13-14,16-17H,6-9H2,1H3. The number of hydrogen-bond acceptors (Lipinski definition) is 3. The van der Waals surface area contributed by atoms with Gasteiger partial charge >= 0.3 is 0 Å². The van der Waals surface area contributed by atoms with Crippen LogP contribution in [-0.2, 0) is 4.74 Å². The lowest BCUT2D eigenvalue weighted by molar-refractivity contribution is 0.0597. The number of benzene rings is 1. The Morgan fingerprint density at radius 3 is 2.67 bits per heavy atom. The molecule has 0 saturated heterocycles. The number of aliphatic hydroxyl groups is 1. The quantitative estimate of drug-likeness (QED) is 0.810. The molecule has 18 heavy (non-hydrogen) atoms. The summed E-state index contributed by atoms with van der Waals surface area (Å²) in [6, 6.07) is 7.19. The first-order valence-electron chi connectivity index (χ1n) is 6.35. The molecule has 0 bridgehead atoms. The van der Waals surface area contributed by atoms with Gasteiger partial charge in [0.05, 0.1) is 12.7 Å². The highest BCUT2D eigenvalue weighted by molar-refractivity contribution is 5.23. The van der Waals surface area contributed by atoms with Gasteiger partial charge in [0, 0.05) is 19.7 Å². The highest BCUT2D eigenvalue weighted by Gasteiger charge is 2.30. The van der Waals surface area contributed by atoms with Gasteiger partial charge in [-0.3, -0.25) is 0 Å². The average Bonchev–Trinajstić information content (AvgIpc) is 2.29. The number of nitrogens with one attached hydrogen (secondary N) is 1. The smallest absolute Gasteiger partial charge is 0.123 e. The van der Waals surface area contributed by atoms with Crippen LogP contribution in [0.2, 0.25) is 0 Å². The fourth-order valence-corrected chi connectivity index (χ4v) is 2.35. The molecule has 1 atom stereocenters. The van der Waals surface area contributed by atoms with Crippen LogP contribution in [0.15, 0.2) is 24.3 Å². The van der Waals surface area contributed by atoms with Crippen molar-refractivity contribution in [3.8, 4) is 0 Å². The van der Waals surface area contributed by atoms with Crippen molar-refractivity contribution in [1.29, 1.82) is 0 Å². The van der Waals surface area contributed by atoms with E-state index in [1.807, 2.05) is 12.1 Å². The molecule has 1 aromatic rings. The summed E-state index contributed by atoms with van der Waals surface area (Å²) in [6.07, 6.45) is 1.65. The molecule has 4 heteroatoms. The minimum absolute atomic E-state index is 0.185. The third-order valence-electron chi connectivity index (χ3n) is 3.48. The molecule has 2 rings (SSSR count). The van der Waals surface area contributed by atoms with Gasteiger partial charge in [-0.1, -0.05) is 12.1 Å². The van der Waals surface area contributed by atoms with Gasteiger partial charge in [0.25, 0.3) is 0 Å². The highest BCUT2D eigenvalue weighted by Crippen LogP contribution is 2.36. The van der Waals surface area contributed by atoms with Gasteiger partial charge < -0.3 is 15.2 Å². The summed E-state index contributed by atoms with van der Waals surface area (Å²) in [5.74, 6) is 0.332. The fourth-order valence-electron chi connectivity index (χ4n) is 2.35. The molecule has 0 aromatic heterocycles. The Kier molecular flexibility index (Phi) is 4.69. The molecular weight excluding hydrogens is 233 g/mol. The Bertz CT molecular complexity index is 363. The van der Waals surface area contributed by atoms with E-state index in [2.05, 4.69) is 5.32 Å². The van der Waals surface area contributed by atoms with E-state index in [1.165, 1.54) is 17.7 Å². The predicted molar refractivity (Wildman–Crippen MR) is 68.0 cm³/mol. The minimum atomic E-state index is -0.445. The third-order valence-corrected chi connectivity index (χ3v) is 3.48. The maximum Gasteiger partial charge on any atom is 0.123 e. The summed E-state index contributed by atoms with van der Waals surface area (Å²) in [4.78, 5) is 0. The summed E-state index contributed by atoms with van der Waals surface area (Å²) in [5.41, 5.74) is 1.20. The van der Waals surface area contributed by atoms with E-state index in [0.29, 0.717) is 25.1 Å². The van der Waals surface area contributed by atoms with Crippen LogP contribution in [0.3, 0.4) is 0 Å². The predicted octanol–water partition coefficient (Wildman–Crippen LogP) is 1.67. The molecular formula is C14H20FNO2. The zero-order chi connectivity index (χ0) is 13.0. The normalized spacial score (nSPS) is 24.6. The van der Waals surface area contributed by atoms with Crippen LogP contribution in [0.4, 0.5) is 4.39 Å². The Morgan fingerprint density at radius 1 is 1.39 bits per heavy atom. The molecule has 1 saturated carbocycles. The van der Waals surface area contributed by atoms with E-state index < -0.39 is 6.10 Å². The van der Waals surface area contributed by atoms with Crippen molar-refractivity contribution in [3.05, 3.63) is 35.6 Å². The Balaban J connectivity index is 1.69. The van der Waals surface area contributed by atoms with E-state index in [9.17, 15) is 9.50 Å². The largest absolute Gasteiger partial charge is 0.389 e. The van der Waals surface area contributed by atoms with Crippen molar-refractivity contribution in [2.45, 2.75) is 30.9 Å². The second kappa shape index (κ2) is 6.27. The molecule has 0 heterocycles. The van der Waals surface area contributed by atoms with E-state index in [0.717, 1.165) is 12.8 Å². The first-order chi connectivity index (χ1) is 8.69. The second-order valence-corrected chi connectivity index (χ2v) is 4.93. The number of ether oxygens (including phenoxy) is 1. The topological polar surface area (TPSA) is 41.5 Å². The van der Waals surface area contributed by atoms with Crippen LogP contribution >= 0.6 is 0 Å². The molecule has 1 aliphatic carbocycles. The molecule has 0 radical (unpaired) electrons. The van der Waals surface area contributed by atoms with Gasteiger partial charge in [0.2, 0.25) is 0 Å². The van der Waals surface area contributed by atoms with E-state index >= 15 is 0 Å². The third kappa shape index (κ3) is 3.51. The first kappa shape index (κ1) is 13.5. The number of hydrogen-bond donors (Lipinski definition) is 2. The van der Waals surface area contributed by atoms with Crippen LogP contribution in [-0.4, -0.2) is 37.5 Å². The molecule has 3 nitrogen and oxygen atoms in total. The van der Waals surface area contributed by atoms with Gasteiger partial charge in [-0.2, -0.15) is 0 Å². The Labute approximate surface area is 107 Å². The monoisotopic (exact) mass is 253 g/mol. The maximum absolute atomic E-state index is 12.8. The lowest BCUT2D eigenvalue weighted by Gasteiger charge is -2.36. The van der Waals surface area contributed by atoms with E-state index in [1.54, 1.807) is 7.11 Å². The molecule has 1 aromatic carbocycles. The van der Waals surface area contributed by atoms with Crippen LogP contribution in [0.1, 0.15) is 24.3 Å². The lowest BCUT2D eigenvalue weighted by atomic mass is 9.76. The Hall–Kier alpha value is -0.970. The van der Waals surface area contributed by atoms with Gasteiger partial charge in [0.15, 0.2) is 0 Å². The van der Waals surface area contributed by atoms with Crippen molar-refractivity contribution in [2.75, 3.05) is 20.3 Å². The SMILES string of the molecule is COCC(O)CNC1CC(c2ccc(F)cc2)C1. The minimum Gasteiger partial charge on any atom is -0.389 e. The van der Waals surface area contributed by atoms with Crippen molar-refractivity contribution in [3.63, 3.8) is 0 Å². The van der Waals surface area contributed by atoms with Crippen LogP contribution in [0.25, 0.3) is 0 Å². The van der Waals surface area contributed by atoms with Crippen LogP contribution < -0.4 is 5.32 Å². The number of rotatable bonds is 6. The van der Waals surface area contributed by atoms with E-state index in [-0.39, 0.29) is 5.82 Å². The van der Waals surface area contributed by atoms with Crippen molar-refractivity contribution in [1.82, 2.24) is 5.32 Å². The van der Waals surface area contributed by atoms with Crippen molar-refractivity contribution < 1.29 is 14.2 Å². The fraction of sp³-hybridized carbons (Fsp3) is 0.571. The van der Waals surface area contributed by atoms with Gasteiger partial charge in [0.1, 0.15) is 5.82 Å². The molecule has 2 N–H and O–H groups in total. The molecule has 1 aliphatic rings. The summed E-state index contributed by atoms with van der Waals surface area (Å²) in [6.45, 7) is 0.926. The summed E-state index contributed by atoms with van der Waals surface area (Å²) in [7, 11) is 1.58. The first-order valence-corrected chi connectivity index (χ1v) is 6.35. The van der Waals surface area contributed by atoms with Gasteiger partial charge in [-0.25, -0.2) is 4.39 Å². The van der Waals surface area contributed by atoms with Crippen LogP contribution in [0, 0.1) is 5.82 Å². The molecule has 0 aliphatic heterocycles. The molecule has 0 spiro atoms. The summed E-state index contributed by atoms with van der Waals surface area (Å²) in [5, 5.41) is 12.8. The van der Waals surface area contributed by atoms with Crippen molar-refractivity contribution >= 4 is 0 Å². The zero-order valence-corrected chi connectivity index (χ0v) is 10.6. The summed E-state index contributed by atoms with van der Waals surface area (Å²) >= 11 is 0. The molecule has 100 valence electrons. The van der Waals surface area contributed by atoms with Gasteiger partial charge in [-0.05, 0) is 36.5 Å². The van der Waals surface area contributed by atoms with E-state index in [4.69, 9.17) is 4.74 Å². The zero-order valence-electron chi connectivity index (χ0n) is 10.6. The summed E-state index contributed by atoms with van der Waals surface area (Å²) < 4.78 is 17.6. The lowest BCUT2D eigenvalue weighted by Crippen LogP contribution is -2.44. The van der Waals surface area contributed by atoms with Gasteiger partial charge in [-0.15, -0.1) is 0 Å². The van der Waals surface area contributed by atoms with Crippen molar-refractivity contribution in [2.24, 2.45) is 0 Å². The average molecular weight is 253 g/mol. The highest BCUT2D eigenvalue weighted by atomic mass is 19.1. The number of methoxy groups -OCH3 is 1. The molecule has 1 fully saturated rings. The maximum atomic E-state index is 12.8. The number of halogens is 1.